The minimum atomic E-state index is 0.298. The van der Waals surface area contributed by atoms with Crippen molar-refractivity contribution in [3.63, 3.8) is 0 Å². The summed E-state index contributed by atoms with van der Waals surface area (Å²) in [5.74, 6) is 3.31. The van der Waals surface area contributed by atoms with E-state index in [0.717, 1.165) is 29.0 Å². The summed E-state index contributed by atoms with van der Waals surface area (Å²) in [5, 5.41) is 7.43. The minimum absolute atomic E-state index is 0.298. The molecular weight excluding hydrogens is 272 g/mol. The van der Waals surface area contributed by atoms with Crippen LogP contribution in [0.3, 0.4) is 0 Å². The third-order valence-corrected chi connectivity index (χ3v) is 4.90. The van der Waals surface area contributed by atoms with Crippen LogP contribution in [0.5, 0.6) is 11.5 Å². The van der Waals surface area contributed by atoms with Crippen LogP contribution in [0.25, 0.3) is 0 Å². The molecule has 0 amide bonds. The standard InChI is InChI=1S/C15H18N2O2S/c20-15(17-12-6-9-1-2-10(12)5-9)16-11-3-4-13-14(7-11)19-8-18-13/h3-4,7,9-10,12H,1-2,5-6,8H2,(H2,16,17,20)/t9-,10+,12+/m0/s1. The smallest absolute Gasteiger partial charge is 0.231 e. The monoisotopic (exact) mass is 290 g/mol. The van der Waals surface area contributed by atoms with E-state index in [2.05, 4.69) is 10.6 Å². The van der Waals surface area contributed by atoms with Crippen LogP contribution in [0.4, 0.5) is 5.69 Å². The van der Waals surface area contributed by atoms with E-state index in [1.54, 1.807) is 0 Å². The highest BCUT2D eigenvalue weighted by Crippen LogP contribution is 2.44. The zero-order valence-corrected chi connectivity index (χ0v) is 12.0. The van der Waals surface area contributed by atoms with Gasteiger partial charge in [-0.05, 0) is 55.4 Å². The van der Waals surface area contributed by atoms with Gasteiger partial charge in [-0.2, -0.15) is 0 Å². The van der Waals surface area contributed by atoms with Gasteiger partial charge in [0, 0.05) is 17.8 Å². The molecule has 2 fully saturated rings. The quantitative estimate of drug-likeness (QED) is 0.820. The molecule has 1 aliphatic heterocycles. The van der Waals surface area contributed by atoms with Crippen molar-refractivity contribution in [2.75, 3.05) is 12.1 Å². The first kappa shape index (κ1) is 12.3. The molecule has 3 atom stereocenters. The summed E-state index contributed by atoms with van der Waals surface area (Å²) in [4.78, 5) is 0. The fourth-order valence-electron chi connectivity index (χ4n) is 3.73. The van der Waals surface area contributed by atoms with Crippen LogP contribution in [0.2, 0.25) is 0 Å². The number of benzene rings is 1. The molecule has 3 aliphatic rings. The molecule has 0 radical (unpaired) electrons. The second-order valence-electron chi connectivity index (χ2n) is 5.95. The first-order chi connectivity index (χ1) is 9.78. The summed E-state index contributed by atoms with van der Waals surface area (Å²) in [7, 11) is 0. The maximum atomic E-state index is 5.42. The predicted molar refractivity (Wildman–Crippen MR) is 81.2 cm³/mol. The van der Waals surface area contributed by atoms with Crippen LogP contribution in [0, 0.1) is 11.8 Å². The topological polar surface area (TPSA) is 42.5 Å². The van der Waals surface area contributed by atoms with E-state index in [-0.39, 0.29) is 0 Å². The number of hydrogen-bond acceptors (Lipinski definition) is 3. The zero-order valence-electron chi connectivity index (χ0n) is 11.2. The van der Waals surface area contributed by atoms with E-state index >= 15 is 0 Å². The van der Waals surface area contributed by atoms with E-state index in [1.165, 1.54) is 25.7 Å². The van der Waals surface area contributed by atoms with Gasteiger partial charge in [-0.15, -0.1) is 0 Å². The Bertz CT molecular complexity index is 549. The van der Waals surface area contributed by atoms with Crippen LogP contribution in [0.1, 0.15) is 25.7 Å². The summed E-state index contributed by atoms with van der Waals surface area (Å²) in [5.41, 5.74) is 0.940. The van der Waals surface area contributed by atoms with Crippen LogP contribution < -0.4 is 20.1 Å². The molecule has 2 aliphatic carbocycles. The molecule has 2 saturated carbocycles. The Morgan fingerprint density at radius 1 is 1.15 bits per heavy atom. The number of rotatable bonds is 2. The van der Waals surface area contributed by atoms with Crippen LogP contribution in [-0.2, 0) is 0 Å². The first-order valence-electron chi connectivity index (χ1n) is 7.25. The number of anilines is 1. The van der Waals surface area contributed by atoms with Gasteiger partial charge in [-0.3, -0.25) is 0 Å². The van der Waals surface area contributed by atoms with Gasteiger partial charge in [0.05, 0.1) is 0 Å². The molecule has 4 nitrogen and oxygen atoms in total. The van der Waals surface area contributed by atoms with Crippen LogP contribution in [0.15, 0.2) is 18.2 Å². The highest BCUT2D eigenvalue weighted by Gasteiger charge is 2.39. The lowest BCUT2D eigenvalue weighted by Crippen LogP contribution is -2.40. The molecule has 0 saturated heterocycles. The third kappa shape index (κ3) is 2.20. The molecule has 0 aromatic heterocycles. The Morgan fingerprint density at radius 3 is 2.85 bits per heavy atom. The van der Waals surface area contributed by atoms with Crippen molar-refractivity contribution in [2.24, 2.45) is 11.8 Å². The van der Waals surface area contributed by atoms with Crippen molar-refractivity contribution in [3.8, 4) is 11.5 Å². The molecule has 5 heteroatoms. The number of thiocarbonyl (C=S) groups is 1. The van der Waals surface area contributed by atoms with Crippen molar-refractivity contribution in [3.05, 3.63) is 18.2 Å². The SMILES string of the molecule is S=C(Nc1ccc2c(c1)OCO2)N[C@@H]1C[C@H]2CC[C@@H]1C2. The number of hydrogen-bond donors (Lipinski definition) is 2. The summed E-state index contributed by atoms with van der Waals surface area (Å²) in [6.07, 6.45) is 5.41. The Hall–Kier alpha value is -1.49. The molecule has 1 heterocycles. The molecule has 106 valence electrons. The third-order valence-electron chi connectivity index (χ3n) is 4.69. The molecule has 0 spiro atoms. The Balaban J connectivity index is 1.38. The highest BCUT2D eigenvalue weighted by molar-refractivity contribution is 7.80. The molecule has 4 rings (SSSR count). The molecule has 2 N–H and O–H groups in total. The molecular formula is C15H18N2O2S. The molecule has 2 bridgehead atoms. The summed E-state index contributed by atoms with van der Waals surface area (Å²) in [6, 6.07) is 6.35. The van der Waals surface area contributed by atoms with Crippen molar-refractivity contribution < 1.29 is 9.47 Å². The van der Waals surface area contributed by atoms with Gasteiger partial charge in [0.2, 0.25) is 6.79 Å². The number of nitrogens with one attached hydrogen (secondary N) is 2. The van der Waals surface area contributed by atoms with E-state index in [0.29, 0.717) is 17.9 Å². The summed E-state index contributed by atoms with van der Waals surface area (Å²) >= 11 is 5.42. The average Bonchev–Trinajstić information content (AvgIpc) is 3.13. The van der Waals surface area contributed by atoms with Crippen molar-refractivity contribution >= 4 is 23.0 Å². The lowest BCUT2D eigenvalue weighted by Gasteiger charge is -2.24. The fraction of sp³-hybridized carbons (Fsp3) is 0.533. The van der Waals surface area contributed by atoms with Crippen LogP contribution in [-0.4, -0.2) is 17.9 Å². The maximum absolute atomic E-state index is 5.42. The fourth-order valence-corrected chi connectivity index (χ4v) is 4.00. The van der Waals surface area contributed by atoms with Crippen molar-refractivity contribution in [2.45, 2.75) is 31.7 Å². The zero-order chi connectivity index (χ0) is 13.5. The van der Waals surface area contributed by atoms with Gasteiger partial charge in [-0.25, -0.2) is 0 Å². The van der Waals surface area contributed by atoms with Gasteiger partial charge in [0.15, 0.2) is 16.6 Å². The average molecular weight is 290 g/mol. The normalized spacial score (nSPS) is 29.5. The molecule has 20 heavy (non-hydrogen) atoms. The number of ether oxygens (including phenoxy) is 2. The van der Waals surface area contributed by atoms with E-state index < -0.39 is 0 Å². The first-order valence-corrected chi connectivity index (χ1v) is 7.66. The maximum Gasteiger partial charge on any atom is 0.231 e. The highest BCUT2D eigenvalue weighted by atomic mass is 32.1. The lowest BCUT2D eigenvalue weighted by molar-refractivity contribution is 0.174. The second-order valence-corrected chi connectivity index (χ2v) is 6.36. The Labute approximate surface area is 123 Å². The Kier molecular flexibility index (Phi) is 2.95. The molecule has 0 unspecified atom stereocenters. The van der Waals surface area contributed by atoms with Gasteiger partial charge < -0.3 is 20.1 Å². The molecule has 1 aromatic rings. The molecule has 1 aromatic carbocycles. The Morgan fingerprint density at radius 2 is 2.05 bits per heavy atom. The van der Waals surface area contributed by atoms with Crippen molar-refractivity contribution in [1.29, 1.82) is 0 Å². The second kappa shape index (κ2) is 4.81. The summed E-state index contributed by atoms with van der Waals surface area (Å²) < 4.78 is 10.7. The van der Waals surface area contributed by atoms with E-state index in [1.807, 2.05) is 18.2 Å². The van der Waals surface area contributed by atoms with Gasteiger partial charge in [0.25, 0.3) is 0 Å². The van der Waals surface area contributed by atoms with Crippen molar-refractivity contribution in [1.82, 2.24) is 5.32 Å². The van der Waals surface area contributed by atoms with Crippen LogP contribution >= 0.6 is 12.2 Å². The van der Waals surface area contributed by atoms with E-state index in [9.17, 15) is 0 Å². The lowest BCUT2D eigenvalue weighted by atomic mass is 9.96. The largest absolute Gasteiger partial charge is 0.454 e. The number of fused-ring (bicyclic) bond motifs is 3. The summed E-state index contributed by atoms with van der Waals surface area (Å²) in [6.45, 7) is 0.298. The predicted octanol–water partition coefficient (Wildman–Crippen LogP) is 2.89. The van der Waals surface area contributed by atoms with E-state index in [4.69, 9.17) is 21.7 Å². The van der Waals surface area contributed by atoms with Gasteiger partial charge in [0.1, 0.15) is 0 Å². The minimum Gasteiger partial charge on any atom is -0.454 e. The van der Waals surface area contributed by atoms with Gasteiger partial charge in [-0.1, -0.05) is 6.42 Å². The van der Waals surface area contributed by atoms with Gasteiger partial charge >= 0.3 is 0 Å².